The highest BCUT2D eigenvalue weighted by Crippen LogP contribution is 2.19. The summed E-state index contributed by atoms with van der Waals surface area (Å²) in [6.45, 7) is 0.659. The third-order valence-corrected chi connectivity index (χ3v) is 3.09. The molecule has 0 saturated heterocycles. The van der Waals surface area contributed by atoms with Crippen LogP contribution in [0.1, 0.15) is 11.1 Å². The lowest BCUT2D eigenvalue weighted by molar-refractivity contribution is 1.10. The predicted octanol–water partition coefficient (Wildman–Crippen LogP) is 3.11. The molecule has 20 heavy (non-hydrogen) atoms. The second kappa shape index (κ2) is 5.37. The maximum Gasteiger partial charge on any atom is 0.137 e. The number of hydrogen-bond donors (Lipinski definition) is 1. The molecule has 0 spiro atoms. The summed E-state index contributed by atoms with van der Waals surface area (Å²) in [4.78, 5) is 8.51. The van der Waals surface area contributed by atoms with E-state index in [2.05, 4.69) is 21.4 Å². The molecule has 1 heterocycles. The third-order valence-electron chi connectivity index (χ3n) is 3.09. The Labute approximate surface area is 116 Å². The lowest BCUT2D eigenvalue weighted by Gasteiger charge is -2.08. The average Bonchev–Trinajstić information content (AvgIpc) is 2.53. The molecular weight excluding hydrogens is 248 g/mol. The van der Waals surface area contributed by atoms with Crippen LogP contribution in [-0.4, -0.2) is 9.97 Å². The number of aromatic nitrogens is 2. The van der Waals surface area contributed by atoms with Gasteiger partial charge in [0, 0.05) is 11.9 Å². The standard InChI is InChI=1S/C16H12N4/c17-9-12-5-7-13(8-6-12)10-18-16-14-3-1-2-4-15(14)19-11-20-16/h1-8,11H,10H2,(H,18,19,20). The van der Waals surface area contributed by atoms with Crippen LogP contribution in [-0.2, 0) is 6.54 Å². The second-order valence-electron chi connectivity index (χ2n) is 4.40. The van der Waals surface area contributed by atoms with Gasteiger partial charge in [-0.2, -0.15) is 5.26 Å². The molecule has 3 rings (SSSR count). The second-order valence-corrected chi connectivity index (χ2v) is 4.40. The van der Waals surface area contributed by atoms with Crippen molar-refractivity contribution in [1.82, 2.24) is 9.97 Å². The van der Waals surface area contributed by atoms with Gasteiger partial charge in [-0.1, -0.05) is 24.3 Å². The molecule has 2 aromatic carbocycles. The number of nitrogens with zero attached hydrogens (tertiary/aromatic N) is 3. The Balaban J connectivity index is 1.81. The van der Waals surface area contributed by atoms with Gasteiger partial charge in [0.25, 0.3) is 0 Å². The van der Waals surface area contributed by atoms with E-state index >= 15 is 0 Å². The number of hydrogen-bond acceptors (Lipinski definition) is 4. The quantitative estimate of drug-likeness (QED) is 0.786. The summed E-state index contributed by atoms with van der Waals surface area (Å²) in [6.07, 6.45) is 1.56. The minimum atomic E-state index is 0.659. The van der Waals surface area contributed by atoms with E-state index in [9.17, 15) is 0 Å². The van der Waals surface area contributed by atoms with Crippen LogP contribution in [0.4, 0.5) is 5.82 Å². The SMILES string of the molecule is N#Cc1ccc(CNc2ncnc3ccccc23)cc1. The van der Waals surface area contributed by atoms with Crippen LogP contribution in [0.5, 0.6) is 0 Å². The van der Waals surface area contributed by atoms with Gasteiger partial charge in [0.2, 0.25) is 0 Å². The fraction of sp³-hybridized carbons (Fsp3) is 0.0625. The molecule has 0 aliphatic rings. The summed E-state index contributed by atoms with van der Waals surface area (Å²) < 4.78 is 0. The number of nitriles is 1. The van der Waals surface area contributed by atoms with Crippen LogP contribution < -0.4 is 5.32 Å². The largest absolute Gasteiger partial charge is 0.365 e. The maximum absolute atomic E-state index is 8.77. The lowest BCUT2D eigenvalue weighted by atomic mass is 10.1. The average molecular weight is 260 g/mol. The molecule has 0 atom stereocenters. The first-order chi connectivity index (χ1) is 9.86. The zero-order valence-corrected chi connectivity index (χ0v) is 10.7. The van der Waals surface area contributed by atoms with E-state index in [1.54, 1.807) is 6.33 Å². The highest BCUT2D eigenvalue weighted by atomic mass is 15.0. The topological polar surface area (TPSA) is 61.6 Å². The monoisotopic (exact) mass is 260 g/mol. The van der Waals surface area contributed by atoms with Crippen LogP contribution >= 0.6 is 0 Å². The Kier molecular flexibility index (Phi) is 3.25. The van der Waals surface area contributed by atoms with Gasteiger partial charge in [0.15, 0.2) is 0 Å². The Bertz CT molecular complexity index is 767. The Morgan fingerprint density at radius 1 is 1.00 bits per heavy atom. The van der Waals surface area contributed by atoms with Crippen LogP contribution in [0.15, 0.2) is 54.9 Å². The Morgan fingerprint density at radius 3 is 2.60 bits per heavy atom. The molecule has 0 aliphatic carbocycles. The van der Waals surface area contributed by atoms with Crippen LogP contribution in [0, 0.1) is 11.3 Å². The molecule has 0 bridgehead atoms. The predicted molar refractivity (Wildman–Crippen MR) is 78.0 cm³/mol. The highest BCUT2D eigenvalue weighted by Gasteiger charge is 2.02. The maximum atomic E-state index is 8.77. The molecule has 4 nitrogen and oxygen atoms in total. The van der Waals surface area contributed by atoms with E-state index in [4.69, 9.17) is 5.26 Å². The lowest BCUT2D eigenvalue weighted by Crippen LogP contribution is -2.02. The van der Waals surface area contributed by atoms with Gasteiger partial charge in [-0.15, -0.1) is 0 Å². The normalized spacial score (nSPS) is 10.2. The van der Waals surface area contributed by atoms with Crippen LogP contribution in [0.3, 0.4) is 0 Å². The van der Waals surface area contributed by atoms with Crippen LogP contribution in [0.25, 0.3) is 10.9 Å². The first-order valence-corrected chi connectivity index (χ1v) is 6.29. The van der Waals surface area contributed by atoms with E-state index in [-0.39, 0.29) is 0 Å². The van der Waals surface area contributed by atoms with Gasteiger partial charge in [0.1, 0.15) is 12.1 Å². The van der Waals surface area contributed by atoms with E-state index < -0.39 is 0 Å². The summed E-state index contributed by atoms with van der Waals surface area (Å²) in [5.41, 5.74) is 2.69. The van der Waals surface area contributed by atoms with Gasteiger partial charge >= 0.3 is 0 Å². The van der Waals surface area contributed by atoms with Crippen LogP contribution in [0.2, 0.25) is 0 Å². The van der Waals surface area contributed by atoms with Gasteiger partial charge in [-0.25, -0.2) is 9.97 Å². The third kappa shape index (κ3) is 2.43. The van der Waals surface area contributed by atoms with Gasteiger partial charge in [-0.3, -0.25) is 0 Å². The zero-order chi connectivity index (χ0) is 13.8. The molecule has 0 amide bonds. The molecular formula is C16H12N4. The van der Waals surface area contributed by atoms with Crippen molar-refractivity contribution in [3.8, 4) is 6.07 Å². The minimum Gasteiger partial charge on any atom is -0.365 e. The van der Waals surface area contributed by atoms with Gasteiger partial charge in [0.05, 0.1) is 17.1 Å². The molecule has 0 radical (unpaired) electrons. The van der Waals surface area contributed by atoms with Gasteiger partial charge < -0.3 is 5.32 Å². The minimum absolute atomic E-state index is 0.659. The molecule has 1 N–H and O–H groups in total. The van der Waals surface area contributed by atoms with Gasteiger partial charge in [-0.05, 0) is 29.8 Å². The van der Waals surface area contributed by atoms with Crippen molar-refractivity contribution in [2.45, 2.75) is 6.54 Å². The molecule has 3 aromatic rings. The fourth-order valence-electron chi connectivity index (χ4n) is 2.03. The summed E-state index contributed by atoms with van der Waals surface area (Å²) in [5.74, 6) is 0.819. The number of benzene rings is 2. The molecule has 0 saturated carbocycles. The summed E-state index contributed by atoms with van der Waals surface area (Å²) in [5, 5.41) is 13.1. The molecule has 1 aromatic heterocycles. The first kappa shape index (κ1) is 12.1. The summed E-state index contributed by atoms with van der Waals surface area (Å²) in [6, 6.07) is 17.5. The van der Waals surface area contributed by atoms with Crippen molar-refractivity contribution < 1.29 is 0 Å². The van der Waals surface area contributed by atoms with E-state index in [1.165, 1.54) is 0 Å². The van der Waals surface area contributed by atoms with Crippen molar-refractivity contribution in [3.63, 3.8) is 0 Å². The summed E-state index contributed by atoms with van der Waals surface area (Å²) in [7, 11) is 0. The van der Waals surface area contributed by atoms with E-state index in [0.717, 1.165) is 22.3 Å². The van der Waals surface area contributed by atoms with E-state index in [1.807, 2.05) is 48.5 Å². The number of fused-ring (bicyclic) bond motifs is 1. The fourth-order valence-corrected chi connectivity index (χ4v) is 2.03. The highest BCUT2D eigenvalue weighted by molar-refractivity contribution is 5.88. The number of rotatable bonds is 3. The van der Waals surface area contributed by atoms with Crippen molar-refractivity contribution in [1.29, 1.82) is 5.26 Å². The molecule has 96 valence electrons. The first-order valence-electron chi connectivity index (χ1n) is 6.29. The Hall–Kier alpha value is -2.93. The van der Waals surface area contributed by atoms with Crippen molar-refractivity contribution in [2.24, 2.45) is 0 Å². The Morgan fingerprint density at radius 2 is 1.80 bits per heavy atom. The smallest absolute Gasteiger partial charge is 0.137 e. The number of para-hydroxylation sites is 1. The molecule has 0 fully saturated rings. The van der Waals surface area contributed by atoms with Crippen molar-refractivity contribution >= 4 is 16.7 Å². The van der Waals surface area contributed by atoms with Crippen molar-refractivity contribution in [3.05, 3.63) is 66.0 Å². The number of anilines is 1. The summed E-state index contributed by atoms with van der Waals surface area (Å²) >= 11 is 0. The van der Waals surface area contributed by atoms with E-state index in [0.29, 0.717) is 12.1 Å². The molecule has 0 unspecified atom stereocenters. The molecule has 4 heteroatoms. The number of nitrogens with one attached hydrogen (secondary N) is 1. The zero-order valence-electron chi connectivity index (χ0n) is 10.7. The molecule has 0 aliphatic heterocycles. The van der Waals surface area contributed by atoms with Crippen molar-refractivity contribution in [2.75, 3.05) is 5.32 Å².